The van der Waals surface area contributed by atoms with Crippen LogP contribution in [0.1, 0.15) is 21.6 Å². The number of amides is 1. The van der Waals surface area contributed by atoms with E-state index in [2.05, 4.69) is 4.98 Å². The van der Waals surface area contributed by atoms with Gasteiger partial charge in [-0.2, -0.15) is 0 Å². The molecule has 27 heavy (non-hydrogen) atoms. The van der Waals surface area contributed by atoms with Gasteiger partial charge in [0.1, 0.15) is 0 Å². The summed E-state index contributed by atoms with van der Waals surface area (Å²) in [6, 6.07) is 19.6. The van der Waals surface area contributed by atoms with Crippen molar-refractivity contribution in [1.29, 1.82) is 0 Å². The summed E-state index contributed by atoms with van der Waals surface area (Å²) in [5.41, 5.74) is 3.65. The number of carbonyl (C=O) groups excluding carboxylic acids is 1. The molecule has 0 aliphatic carbocycles. The van der Waals surface area contributed by atoms with E-state index < -0.39 is 0 Å². The number of hydrogen-bond acceptors (Lipinski definition) is 3. The first-order chi connectivity index (χ1) is 13.1. The average Bonchev–Trinajstić information content (AvgIpc) is 3.25. The van der Waals surface area contributed by atoms with Gasteiger partial charge in [-0.15, -0.1) is 11.3 Å². The van der Waals surface area contributed by atoms with Crippen LogP contribution < -0.4 is 0 Å². The number of hydrogen-bond donors (Lipinski definition) is 0. The van der Waals surface area contributed by atoms with Gasteiger partial charge in [0, 0.05) is 31.0 Å². The molecule has 4 aromatic rings. The number of nitrogens with zero attached hydrogens (tertiary/aromatic N) is 3. The van der Waals surface area contributed by atoms with Crippen LogP contribution in [0.4, 0.5) is 0 Å². The number of thiazole rings is 1. The summed E-state index contributed by atoms with van der Waals surface area (Å²) < 4.78 is 3.45. The van der Waals surface area contributed by atoms with Crippen LogP contribution in [0.15, 0.2) is 66.9 Å². The molecule has 136 valence electrons. The Morgan fingerprint density at radius 1 is 1.11 bits per heavy atom. The smallest absolute Gasteiger partial charge is 0.254 e. The number of carbonyl (C=O) groups is 1. The van der Waals surface area contributed by atoms with Crippen molar-refractivity contribution in [2.24, 2.45) is 7.05 Å². The van der Waals surface area contributed by atoms with E-state index in [-0.39, 0.29) is 5.91 Å². The Labute approximate surface area is 166 Å². The van der Waals surface area contributed by atoms with Crippen molar-refractivity contribution in [2.45, 2.75) is 13.1 Å². The Morgan fingerprint density at radius 2 is 1.93 bits per heavy atom. The van der Waals surface area contributed by atoms with Crippen LogP contribution in [0.25, 0.3) is 10.2 Å². The lowest BCUT2D eigenvalue weighted by Gasteiger charge is -2.23. The molecule has 2 heterocycles. The molecule has 2 aromatic heterocycles. The molecule has 0 spiro atoms. The molecule has 4 rings (SSSR count). The summed E-state index contributed by atoms with van der Waals surface area (Å²) in [4.78, 5) is 19.4. The lowest BCUT2D eigenvalue weighted by atomic mass is 10.1. The minimum Gasteiger partial charge on any atom is -0.353 e. The highest BCUT2D eigenvalue weighted by Gasteiger charge is 2.19. The first kappa shape index (κ1) is 17.8. The van der Waals surface area contributed by atoms with Gasteiger partial charge >= 0.3 is 0 Å². The minimum absolute atomic E-state index is 0.00789. The van der Waals surface area contributed by atoms with Crippen LogP contribution in [-0.4, -0.2) is 20.4 Å². The highest BCUT2D eigenvalue weighted by Crippen LogP contribution is 2.27. The SMILES string of the molecule is Cn1cccc1CN(Cc1ccccc1)C(=O)c1ccc2nc(Cl)sc2c1. The van der Waals surface area contributed by atoms with Gasteiger partial charge in [-0.3, -0.25) is 4.79 Å². The third-order valence-electron chi connectivity index (χ3n) is 4.52. The van der Waals surface area contributed by atoms with Crippen molar-refractivity contribution < 1.29 is 4.79 Å². The first-order valence-electron chi connectivity index (χ1n) is 8.59. The molecule has 0 aliphatic rings. The zero-order valence-corrected chi connectivity index (χ0v) is 16.4. The van der Waals surface area contributed by atoms with E-state index in [0.29, 0.717) is 23.1 Å². The molecule has 0 N–H and O–H groups in total. The predicted octanol–water partition coefficient (Wildman–Crippen LogP) is 5.13. The van der Waals surface area contributed by atoms with E-state index in [9.17, 15) is 4.79 Å². The van der Waals surface area contributed by atoms with Crippen molar-refractivity contribution in [3.63, 3.8) is 0 Å². The van der Waals surface area contributed by atoms with Crippen molar-refractivity contribution in [3.8, 4) is 0 Å². The maximum absolute atomic E-state index is 13.3. The molecule has 0 bridgehead atoms. The summed E-state index contributed by atoms with van der Waals surface area (Å²) in [5, 5.41) is 0. The summed E-state index contributed by atoms with van der Waals surface area (Å²) in [5.74, 6) is -0.00789. The Hall–Kier alpha value is -2.63. The van der Waals surface area contributed by atoms with E-state index in [4.69, 9.17) is 11.6 Å². The fraction of sp³-hybridized carbons (Fsp3) is 0.143. The van der Waals surface area contributed by atoms with E-state index in [1.54, 1.807) is 0 Å². The van der Waals surface area contributed by atoms with Gasteiger partial charge in [0.15, 0.2) is 4.47 Å². The third-order valence-corrected chi connectivity index (χ3v) is 5.64. The van der Waals surface area contributed by atoms with Crippen LogP contribution in [-0.2, 0) is 20.1 Å². The molecule has 1 amide bonds. The van der Waals surface area contributed by atoms with Gasteiger partial charge in [-0.05, 0) is 35.9 Å². The molecule has 4 nitrogen and oxygen atoms in total. The Morgan fingerprint density at radius 3 is 2.67 bits per heavy atom. The van der Waals surface area contributed by atoms with E-state index in [0.717, 1.165) is 21.5 Å². The maximum Gasteiger partial charge on any atom is 0.254 e. The maximum atomic E-state index is 13.3. The van der Waals surface area contributed by atoms with Crippen molar-refractivity contribution in [1.82, 2.24) is 14.5 Å². The lowest BCUT2D eigenvalue weighted by molar-refractivity contribution is 0.0726. The van der Waals surface area contributed by atoms with Gasteiger partial charge in [-0.25, -0.2) is 4.98 Å². The quantitative estimate of drug-likeness (QED) is 0.469. The molecule has 0 aliphatic heterocycles. The molecule has 0 atom stereocenters. The Balaban J connectivity index is 1.66. The molecule has 0 radical (unpaired) electrons. The van der Waals surface area contributed by atoms with Crippen LogP contribution in [0.3, 0.4) is 0 Å². The van der Waals surface area contributed by atoms with Gasteiger partial charge < -0.3 is 9.47 Å². The van der Waals surface area contributed by atoms with Gasteiger partial charge in [0.25, 0.3) is 5.91 Å². The normalized spacial score (nSPS) is 11.0. The topological polar surface area (TPSA) is 38.1 Å². The Bertz CT molecular complexity index is 1090. The fourth-order valence-electron chi connectivity index (χ4n) is 3.07. The second-order valence-corrected chi connectivity index (χ2v) is 8.02. The van der Waals surface area contributed by atoms with E-state index >= 15 is 0 Å². The van der Waals surface area contributed by atoms with Crippen molar-refractivity contribution >= 4 is 39.1 Å². The van der Waals surface area contributed by atoms with Crippen LogP contribution in [0, 0.1) is 0 Å². The molecular weight excluding hydrogens is 378 g/mol. The number of aryl methyl sites for hydroxylation is 1. The molecule has 2 aromatic carbocycles. The fourth-order valence-corrected chi connectivity index (χ4v) is 4.14. The Kier molecular flexibility index (Phi) is 4.97. The average molecular weight is 396 g/mol. The monoisotopic (exact) mass is 395 g/mol. The number of benzene rings is 2. The summed E-state index contributed by atoms with van der Waals surface area (Å²) >= 11 is 7.39. The van der Waals surface area contributed by atoms with Crippen LogP contribution in [0.5, 0.6) is 0 Å². The zero-order valence-electron chi connectivity index (χ0n) is 14.8. The minimum atomic E-state index is -0.00789. The highest BCUT2D eigenvalue weighted by atomic mass is 35.5. The van der Waals surface area contributed by atoms with Gasteiger partial charge in [0.2, 0.25) is 0 Å². The summed E-state index contributed by atoms with van der Waals surface area (Å²) in [6.45, 7) is 1.09. The van der Waals surface area contributed by atoms with E-state index in [1.807, 2.05) is 83.4 Å². The predicted molar refractivity (Wildman–Crippen MR) is 110 cm³/mol. The van der Waals surface area contributed by atoms with Crippen LogP contribution in [0.2, 0.25) is 4.47 Å². The molecule has 0 saturated carbocycles. The largest absolute Gasteiger partial charge is 0.353 e. The lowest BCUT2D eigenvalue weighted by Crippen LogP contribution is -2.30. The van der Waals surface area contributed by atoms with Gasteiger partial charge in [0.05, 0.1) is 16.8 Å². The molecule has 0 unspecified atom stereocenters. The third kappa shape index (κ3) is 3.89. The van der Waals surface area contributed by atoms with Crippen molar-refractivity contribution in [3.05, 3.63) is 88.1 Å². The standard InChI is InChI=1S/C21H18ClN3OS/c1-24-11-5-8-17(24)14-25(13-15-6-3-2-4-7-15)20(26)16-9-10-18-19(12-16)27-21(22)23-18/h2-12H,13-14H2,1H3. The molecular formula is C21H18ClN3OS. The van der Waals surface area contributed by atoms with E-state index in [1.165, 1.54) is 11.3 Å². The highest BCUT2D eigenvalue weighted by molar-refractivity contribution is 7.22. The first-order valence-corrected chi connectivity index (χ1v) is 9.79. The van der Waals surface area contributed by atoms with Crippen LogP contribution >= 0.6 is 22.9 Å². The number of rotatable bonds is 5. The molecule has 6 heteroatoms. The second kappa shape index (κ2) is 7.55. The summed E-state index contributed by atoms with van der Waals surface area (Å²) in [6.07, 6.45) is 1.99. The second-order valence-electron chi connectivity index (χ2n) is 6.41. The summed E-state index contributed by atoms with van der Waals surface area (Å²) in [7, 11) is 1.99. The number of aromatic nitrogens is 2. The number of fused-ring (bicyclic) bond motifs is 1. The van der Waals surface area contributed by atoms with Gasteiger partial charge in [-0.1, -0.05) is 41.9 Å². The molecule has 0 fully saturated rings. The zero-order chi connectivity index (χ0) is 18.8. The number of halogens is 1. The molecule has 0 saturated heterocycles. The van der Waals surface area contributed by atoms with Crippen molar-refractivity contribution in [2.75, 3.05) is 0 Å².